The molecule has 76 valence electrons. The first-order valence-electron chi connectivity index (χ1n) is 4.42. The number of hydrogen-bond donors (Lipinski definition) is 1. The van der Waals surface area contributed by atoms with Crippen LogP contribution < -0.4 is 5.73 Å². The van der Waals surface area contributed by atoms with Gasteiger partial charge in [0.2, 0.25) is 5.91 Å². The molecule has 0 saturated carbocycles. The van der Waals surface area contributed by atoms with Crippen molar-refractivity contribution in [3.63, 3.8) is 0 Å². The van der Waals surface area contributed by atoms with Crippen molar-refractivity contribution in [1.82, 2.24) is 0 Å². The van der Waals surface area contributed by atoms with Crippen molar-refractivity contribution < 1.29 is 4.79 Å². The molecule has 0 aromatic heterocycles. The number of halogens is 1. The normalized spacial score (nSPS) is 11.4. The fourth-order valence-corrected chi connectivity index (χ4v) is 1.74. The summed E-state index contributed by atoms with van der Waals surface area (Å²) in [6.07, 6.45) is 0. The van der Waals surface area contributed by atoms with Crippen molar-refractivity contribution in [1.29, 1.82) is 0 Å². The van der Waals surface area contributed by atoms with E-state index in [1.807, 2.05) is 6.07 Å². The van der Waals surface area contributed by atoms with Gasteiger partial charge in [-0.05, 0) is 23.1 Å². The van der Waals surface area contributed by atoms with Gasteiger partial charge in [0, 0.05) is 10.6 Å². The van der Waals surface area contributed by atoms with Crippen LogP contribution in [0.5, 0.6) is 0 Å². The molecule has 1 rings (SSSR count). The van der Waals surface area contributed by atoms with Gasteiger partial charge in [-0.15, -0.1) is 0 Å². The highest BCUT2D eigenvalue weighted by molar-refractivity contribution is 6.31. The molecule has 0 atom stereocenters. The lowest BCUT2D eigenvalue weighted by Gasteiger charge is -2.20. The maximum absolute atomic E-state index is 10.9. The first-order valence-corrected chi connectivity index (χ1v) is 4.80. The molecule has 0 aliphatic rings. The summed E-state index contributed by atoms with van der Waals surface area (Å²) in [6, 6.07) is 5.17. The molecular weight excluding hydrogens is 198 g/mol. The molecule has 3 heteroatoms. The van der Waals surface area contributed by atoms with E-state index in [-0.39, 0.29) is 5.41 Å². The number of carbonyl (C=O) groups excluding carboxylic acids is 1. The van der Waals surface area contributed by atoms with Gasteiger partial charge in [-0.25, -0.2) is 0 Å². The first-order chi connectivity index (χ1) is 6.32. The van der Waals surface area contributed by atoms with Crippen molar-refractivity contribution >= 4 is 17.5 Å². The van der Waals surface area contributed by atoms with Gasteiger partial charge >= 0.3 is 0 Å². The van der Waals surface area contributed by atoms with Crippen LogP contribution in [-0.2, 0) is 5.41 Å². The summed E-state index contributed by atoms with van der Waals surface area (Å²) in [7, 11) is 0. The van der Waals surface area contributed by atoms with Crippen LogP contribution in [0.4, 0.5) is 0 Å². The lowest BCUT2D eigenvalue weighted by atomic mass is 9.86. The fraction of sp³-hybridized carbons (Fsp3) is 0.364. The zero-order valence-electron chi connectivity index (χ0n) is 8.60. The van der Waals surface area contributed by atoms with Crippen molar-refractivity contribution in [3.8, 4) is 0 Å². The van der Waals surface area contributed by atoms with E-state index in [9.17, 15) is 4.79 Å². The van der Waals surface area contributed by atoms with Gasteiger partial charge in [0.15, 0.2) is 0 Å². The first kappa shape index (κ1) is 11.1. The molecular formula is C11H14ClNO. The average molecular weight is 212 g/mol. The van der Waals surface area contributed by atoms with E-state index in [4.69, 9.17) is 17.3 Å². The van der Waals surface area contributed by atoms with E-state index in [0.29, 0.717) is 10.6 Å². The largest absolute Gasteiger partial charge is 0.366 e. The summed E-state index contributed by atoms with van der Waals surface area (Å²) in [5.41, 5.74) is 6.59. The minimum absolute atomic E-state index is 0.0206. The van der Waals surface area contributed by atoms with Gasteiger partial charge in [0.05, 0.1) is 0 Å². The van der Waals surface area contributed by atoms with Crippen molar-refractivity contribution in [3.05, 3.63) is 34.3 Å². The minimum atomic E-state index is -0.452. The SMILES string of the molecule is CC(C)(C)c1ccc(C(N)=O)cc1Cl. The lowest BCUT2D eigenvalue weighted by molar-refractivity contribution is 0.1000. The van der Waals surface area contributed by atoms with Crippen LogP contribution in [0.25, 0.3) is 0 Å². The number of rotatable bonds is 1. The number of carbonyl (C=O) groups is 1. The van der Waals surface area contributed by atoms with Crippen LogP contribution in [0.3, 0.4) is 0 Å². The Hall–Kier alpha value is -1.02. The molecule has 0 heterocycles. The van der Waals surface area contributed by atoms with E-state index in [1.165, 1.54) is 0 Å². The zero-order valence-corrected chi connectivity index (χ0v) is 9.35. The molecule has 2 nitrogen and oxygen atoms in total. The van der Waals surface area contributed by atoms with E-state index >= 15 is 0 Å². The summed E-state index contributed by atoms with van der Waals surface area (Å²) < 4.78 is 0. The molecule has 2 N–H and O–H groups in total. The van der Waals surface area contributed by atoms with Crippen LogP contribution in [0.1, 0.15) is 36.7 Å². The van der Waals surface area contributed by atoms with Gasteiger partial charge in [0.1, 0.15) is 0 Å². The Labute approximate surface area is 89.1 Å². The number of amides is 1. The van der Waals surface area contributed by atoms with Gasteiger partial charge < -0.3 is 5.73 Å². The average Bonchev–Trinajstić information content (AvgIpc) is 2.01. The molecule has 0 bridgehead atoms. The van der Waals surface area contributed by atoms with E-state index in [1.54, 1.807) is 12.1 Å². The van der Waals surface area contributed by atoms with Gasteiger partial charge in [0.25, 0.3) is 0 Å². The molecule has 1 aromatic carbocycles. The van der Waals surface area contributed by atoms with Crippen LogP contribution in [0.15, 0.2) is 18.2 Å². The lowest BCUT2D eigenvalue weighted by Crippen LogP contribution is -2.14. The third-order valence-electron chi connectivity index (χ3n) is 2.06. The maximum Gasteiger partial charge on any atom is 0.248 e. The van der Waals surface area contributed by atoms with Crippen molar-refractivity contribution in [2.45, 2.75) is 26.2 Å². The van der Waals surface area contributed by atoms with Crippen LogP contribution in [-0.4, -0.2) is 5.91 Å². The molecule has 14 heavy (non-hydrogen) atoms. The van der Waals surface area contributed by atoms with Crippen molar-refractivity contribution in [2.24, 2.45) is 5.73 Å². The fourth-order valence-electron chi connectivity index (χ4n) is 1.28. The second-order valence-corrected chi connectivity index (χ2v) is 4.72. The molecule has 0 unspecified atom stereocenters. The predicted molar refractivity (Wildman–Crippen MR) is 58.7 cm³/mol. The minimum Gasteiger partial charge on any atom is -0.366 e. The second kappa shape index (κ2) is 3.62. The van der Waals surface area contributed by atoms with Gasteiger partial charge in [-0.1, -0.05) is 38.4 Å². The third kappa shape index (κ3) is 2.26. The highest BCUT2D eigenvalue weighted by atomic mass is 35.5. The zero-order chi connectivity index (χ0) is 10.9. The Morgan fingerprint density at radius 1 is 1.36 bits per heavy atom. The number of nitrogens with two attached hydrogens (primary N) is 1. The Bertz CT molecular complexity index is 366. The highest BCUT2D eigenvalue weighted by Gasteiger charge is 2.17. The Morgan fingerprint density at radius 2 is 1.93 bits per heavy atom. The summed E-state index contributed by atoms with van der Waals surface area (Å²) in [4.78, 5) is 10.9. The Kier molecular flexibility index (Phi) is 2.86. The van der Waals surface area contributed by atoms with E-state index < -0.39 is 5.91 Å². The molecule has 0 saturated heterocycles. The van der Waals surface area contributed by atoms with Crippen molar-refractivity contribution in [2.75, 3.05) is 0 Å². The van der Waals surface area contributed by atoms with Crippen LogP contribution in [0.2, 0.25) is 5.02 Å². The molecule has 0 radical (unpaired) electrons. The summed E-state index contributed by atoms with van der Waals surface area (Å²) in [5, 5.41) is 0.591. The monoisotopic (exact) mass is 211 g/mol. The molecule has 1 aromatic rings. The number of benzene rings is 1. The van der Waals surface area contributed by atoms with Crippen LogP contribution >= 0.6 is 11.6 Å². The number of primary amides is 1. The van der Waals surface area contributed by atoms with E-state index in [0.717, 1.165) is 5.56 Å². The molecule has 0 aliphatic heterocycles. The molecule has 1 amide bonds. The Balaban J connectivity index is 3.21. The smallest absolute Gasteiger partial charge is 0.248 e. The Morgan fingerprint density at radius 3 is 2.29 bits per heavy atom. The quantitative estimate of drug-likeness (QED) is 0.763. The highest BCUT2D eigenvalue weighted by Crippen LogP contribution is 2.29. The predicted octanol–water partition coefficient (Wildman–Crippen LogP) is 2.74. The summed E-state index contributed by atoms with van der Waals surface area (Å²) >= 11 is 6.05. The van der Waals surface area contributed by atoms with Gasteiger partial charge in [-0.3, -0.25) is 4.79 Å². The van der Waals surface area contributed by atoms with E-state index in [2.05, 4.69) is 20.8 Å². The maximum atomic E-state index is 10.9. The number of hydrogen-bond acceptors (Lipinski definition) is 1. The van der Waals surface area contributed by atoms with Gasteiger partial charge in [-0.2, -0.15) is 0 Å². The summed E-state index contributed by atoms with van der Waals surface area (Å²) in [6.45, 7) is 6.20. The molecule has 0 spiro atoms. The second-order valence-electron chi connectivity index (χ2n) is 4.31. The topological polar surface area (TPSA) is 43.1 Å². The third-order valence-corrected chi connectivity index (χ3v) is 2.37. The standard InChI is InChI=1S/C11H14ClNO/c1-11(2,3)8-5-4-7(10(13)14)6-9(8)12/h4-6H,1-3H3,(H2,13,14). The molecule has 0 fully saturated rings. The van der Waals surface area contributed by atoms with Crippen LogP contribution in [0, 0.1) is 0 Å². The summed E-state index contributed by atoms with van der Waals surface area (Å²) in [5.74, 6) is -0.452. The molecule has 0 aliphatic carbocycles.